The van der Waals surface area contributed by atoms with Crippen molar-refractivity contribution in [3.05, 3.63) is 34.7 Å². The van der Waals surface area contributed by atoms with Crippen LogP contribution >= 0.6 is 11.8 Å². The van der Waals surface area contributed by atoms with Crippen LogP contribution < -0.4 is 5.73 Å². The van der Waals surface area contributed by atoms with Crippen molar-refractivity contribution in [1.82, 2.24) is 0 Å². The fourth-order valence-corrected chi connectivity index (χ4v) is 0.910. The maximum Gasteiger partial charge on any atom is 0.0381 e. The predicted molar refractivity (Wildman–Crippen MR) is 38.1 cm³/mol. The maximum atomic E-state index is 5.45. The van der Waals surface area contributed by atoms with Gasteiger partial charge < -0.3 is 5.73 Å². The lowest BCUT2D eigenvalue weighted by Crippen LogP contribution is -1.89. The van der Waals surface area contributed by atoms with Crippen LogP contribution in [0.1, 0.15) is 0 Å². The molecule has 1 rings (SSSR count). The molecule has 1 heterocycles. The summed E-state index contributed by atoms with van der Waals surface area (Å²) < 4.78 is 0. The Kier molecular flexibility index (Phi) is 1.80. The van der Waals surface area contributed by atoms with Crippen molar-refractivity contribution in [1.29, 1.82) is 0 Å². The first-order chi connectivity index (χ1) is 3.89. The summed E-state index contributed by atoms with van der Waals surface area (Å²) in [5.74, 6) is 0. The minimum Gasteiger partial charge on any atom is -0.398 e. The molecular weight excluding hydrogens is 118 g/mol. The molecule has 0 saturated carbocycles. The van der Waals surface area contributed by atoms with E-state index in [0.717, 1.165) is 5.70 Å². The van der Waals surface area contributed by atoms with Crippen molar-refractivity contribution >= 4 is 11.8 Å². The zero-order valence-corrected chi connectivity index (χ0v) is 5.19. The second-order valence-electron chi connectivity index (χ2n) is 1.44. The fraction of sp³-hybridized carbons (Fsp3) is 0. The van der Waals surface area contributed by atoms with Crippen molar-refractivity contribution in [3.8, 4) is 0 Å². The third-order valence-electron chi connectivity index (χ3n) is 0.761. The van der Waals surface area contributed by atoms with E-state index in [4.69, 9.17) is 5.73 Å². The van der Waals surface area contributed by atoms with Gasteiger partial charge in [0.15, 0.2) is 0 Å². The first-order valence-corrected chi connectivity index (χ1v) is 3.28. The molecule has 0 spiro atoms. The smallest absolute Gasteiger partial charge is 0.0381 e. The molecule has 0 aromatic carbocycles. The standard InChI is InChI=1S/C6H7NS/c7-6-3-1-2-4-8-5-6/h1-5H,7H2. The van der Waals surface area contributed by atoms with Gasteiger partial charge in [0, 0.05) is 5.70 Å². The van der Waals surface area contributed by atoms with Gasteiger partial charge in [-0.05, 0) is 16.9 Å². The van der Waals surface area contributed by atoms with Crippen LogP contribution in [0.2, 0.25) is 0 Å². The van der Waals surface area contributed by atoms with E-state index in [1.165, 1.54) is 0 Å². The van der Waals surface area contributed by atoms with E-state index in [-0.39, 0.29) is 0 Å². The van der Waals surface area contributed by atoms with Crippen LogP contribution in [-0.4, -0.2) is 0 Å². The Labute approximate surface area is 53.0 Å². The Balaban J connectivity index is 2.69. The largest absolute Gasteiger partial charge is 0.398 e. The Bertz CT molecular complexity index is 153. The summed E-state index contributed by atoms with van der Waals surface area (Å²) in [6.07, 6.45) is 5.75. The van der Waals surface area contributed by atoms with Crippen molar-refractivity contribution in [2.75, 3.05) is 0 Å². The third kappa shape index (κ3) is 1.46. The molecule has 0 aliphatic carbocycles. The number of allylic oxidation sites excluding steroid dienone is 3. The van der Waals surface area contributed by atoms with Gasteiger partial charge >= 0.3 is 0 Å². The summed E-state index contributed by atoms with van der Waals surface area (Å²) in [5, 5.41) is 3.89. The van der Waals surface area contributed by atoms with Gasteiger partial charge in [-0.15, -0.1) is 11.8 Å². The molecule has 0 fully saturated rings. The molecule has 0 aromatic rings. The van der Waals surface area contributed by atoms with E-state index >= 15 is 0 Å². The summed E-state index contributed by atoms with van der Waals surface area (Å²) in [6.45, 7) is 0. The molecular formula is C6H7NS. The molecule has 2 N–H and O–H groups in total. The quantitative estimate of drug-likeness (QED) is 0.532. The molecule has 1 aliphatic rings. The minimum absolute atomic E-state index is 0.819. The molecule has 0 atom stereocenters. The molecule has 8 heavy (non-hydrogen) atoms. The molecule has 0 amide bonds. The SMILES string of the molecule is NC1=CSC=CC=C1. The molecule has 42 valence electrons. The van der Waals surface area contributed by atoms with Gasteiger partial charge in [0.05, 0.1) is 0 Å². The van der Waals surface area contributed by atoms with Gasteiger partial charge in [0.25, 0.3) is 0 Å². The van der Waals surface area contributed by atoms with E-state index in [1.807, 2.05) is 29.0 Å². The van der Waals surface area contributed by atoms with Crippen LogP contribution in [0.3, 0.4) is 0 Å². The highest BCUT2D eigenvalue weighted by atomic mass is 32.2. The molecule has 0 radical (unpaired) electrons. The number of thioether (sulfide) groups is 1. The zero-order valence-electron chi connectivity index (χ0n) is 4.37. The van der Waals surface area contributed by atoms with E-state index in [2.05, 4.69) is 0 Å². The first-order valence-electron chi connectivity index (χ1n) is 2.34. The average Bonchev–Trinajstić information content (AvgIpc) is 1.94. The summed E-state index contributed by atoms with van der Waals surface area (Å²) in [4.78, 5) is 0. The third-order valence-corrected chi connectivity index (χ3v) is 1.48. The van der Waals surface area contributed by atoms with E-state index in [0.29, 0.717) is 0 Å². The number of nitrogens with two attached hydrogens (primary N) is 1. The highest BCUT2D eigenvalue weighted by molar-refractivity contribution is 8.04. The zero-order chi connectivity index (χ0) is 5.82. The first kappa shape index (κ1) is 5.51. The molecule has 0 saturated heterocycles. The highest BCUT2D eigenvalue weighted by Gasteiger charge is 1.82. The number of hydrogen-bond acceptors (Lipinski definition) is 2. The van der Waals surface area contributed by atoms with Crippen LogP contribution in [0.15, 0.2) is 34.7 Å². The van der Waals surface area contributed by atoms with Crippen molar-refractivity contribution < 1.29 is 0 Å². The molecule has 1 nitrogen and oxygen atoms in total. The summed E-state index contributed by atoms with van der Waals surface area (Å²) in [7, 11) is 0. The summed E-state index contributed by atoms with van der Waals surface area (Å²) in [6, 6.07) is 0. The maximum absolute atomic E-state index is 5.45. The molecule has 0 unspecified atom stereocenters. The molecule has 0 bridgehead atoms. The topological polar surface area (TPSA) is 26.0 Å². The number of hydrogen-bond donors (Lipinski definition) is 1. The molecule has 2 heteroatoms. The fourth-order valence-electron chi connectivity index (χ4n) is 0.415. The Morgan fingerprint density at radius 1 is 1.38 bits per heavy atom. The average molecular weight is 125 g/mol. The van der Waals surface area contributed by atoms with E-state index in [1.54, 1.807) is 11.8 Å². The van der Waals surface area contributed by atoms with Crippen LogP contribution in [-0.2, 0) is 0 Å². The van der Waals surface area contributed by atoms with E-state index < -0.39 is 0 Å². The Morgan fingerprint density at radius 2 is 2.25 bits per heavy atom. The van der Waals surface area contributed by atoms with Crippen molar-refractivity contribution in [2.45, 2.75) is 0 Å². The monoisotopic (exact) mass is 125 g/mol. The van der Waals surface area contributed by atoms with Gasteiger partial charge in [-0.2, -0.15) is 0 Å². The van der Waals surface area contributed by atoms with Crippen molar-refractivity contribution in [2.24, 2.45) is 5.73 Å². The minimum atomic E-state index is 0.819. The van der Waals surface area contributed by atoms with Gasteiger partial charge in [0.2, 0.25) is 0 Å². The Morgan fingerprint density at radius 3 is 3.12 bits per heavy atom. The Hall–Kier alpha value is -0.630. The van der Waals surface area contributed by atoms with Gasteiger partial charge in [0.1, 0.15) is 0 Å². The van der Waals surface area contributed by atoms with Gasteiger partial charge in [-0.3, -0.25) is 0 Å². The number of rotatable bonds is 0. The second-order valence-corrected chi connectivity index (χ2v) is 2.22. The van der Waals surface area contributed by atoms with Crippen molar-refractivity contribution in [3.63, 3.8) is 0 Å². The van der Waals surface area contributed by atoms with Crippen LogP contribution in [0.25, 0.3) is 0 Å². The summed E-state index contributed by atoms with van der Waals surface area (Å²) >= 11 is 1.59. The van der Waals surface area contributed by atoms with Gasteiger partial charge in [-0.1, -0.05) is 12.2 Å². The second kappa shape index (κ2) is 2.62. The lowest BCUT2D eigenvalue weighted by atomic mass is 10.4. The van der Waals surface area contributed by atoms with Crippen LogP contribution in [0.5, 0.6) is 0 Å². The molecule has 1 aliphatic heterocycles. The lowest BCUT2D eigenvalue weighted by Gasteiger charge is -1.83. The summed E-state index contributed by atoms with van der Waals surface area (Å²) in [5.41, 5.74) is 6.27. The van der Waals surface area contributed by atoms with Crippen LogP contribution in [0, 0.1) is 0 Å². The molecule has 0 aromatic heterocycles. The predicted octanol–water partition coefficient (Wildman–Crippen LogP) is 1.60. The normalized spacial score (nSPS) is 17.8. The van der Waals surface area contributed by atoms with E-state index in [9.17, 15) is 0 Å². The lowest BCUT2D eigenvalue weighted by molar-refractivity contribution is 1.45. The van der Waals surface area contributed by atoms with Gasteiger partial charge in [-0.25, -0.2) is 0 Å². The highest BCUT2D eigenvalue weighted by Crippen LogP contribution is 2.09. The van der Waals surface area contributed by atoms with Crippen LogP contribution in [0.4, 0.5) is 0 Å².